The van der Waals surface area contributed by atoms with E-state index in [1.807, 2.05) is 36.8 Å². The molecule has 0 atom stereocenters. The zero-order valence-electron chi connectivity index (χ0n) is 12.0. The van der Waals surface area contributed by atoms with Crippen molar-refractivity contribution in [2.75, 3.05) is 0 Å². The lowest BCUT2D eigenvalue weighted by Gasteiger charge is -2.06. The molecule has 0 spiro atoms. The van der Waals surface area contributed by atoms with Crippen molar-refractivity contribution in [3.05, 3.63) is 61.3 Å². The van der Waals surface area contributed by atoms with E-state index in [0.717, 1.165) is 37.8 Å². The minimum absolute atomic E-state index is 0.915. The maximum absolute atomic E-state index is 4.58. The summed E-state index contributed by atoms with van der Waals surface area (Å²) in [5.41, 5.74) is 2.90. The van der Waals surface area contributed by atoms with Crippen LogP contribution in [0.4, 0.5) is 0 Å². The van der Waals surface area contributed by atoms with E-state index in [4.69, 9.17) is 0 Å². The maximum Gasteiger partial charge on any atom is 0.128 e. The van der Waals surface area contributed by atoms with E-state index in [-0.39, 0.29) is 0 Å². The van der Waals surface area contributed by atoms with Gasteiger partial charge in [0.2, 0.25) is 0 Å². The number of aromatic nitrogens is 4. The Labute approximate surface area is 135 Å². The first-order valence-corrected chi connectivity index (χ1v) is 8.05. The second kappa shape index (κ2) is 4.79. The lowest BCUT2D eigenvalue weighted by atomic mass is 10.0. The van der Waals surface area contributed by atoms with Crippen LogP contribution >= 0.6 is 11.3 Å². The summed E-state index contributed by atoms with van der Waals surface area (Å²) in [5.74, 6) is 0. The lowest BCUT2D eigenvalue weighted by Crippen LogP contribution is -1.89. The average Bonchev–Trinajstić information content (AvgIpc) is 3.00. The molecule has 5 rings (SSSR count). The Balaban J connectivity index is 1.96. The Morgan fingerprint density at radius 1 is 0.870 bits per heavy atom. The summed E-state index contributed by atoms with van der Waals surface area (Å²) in [6.07, 6.45) is 7.14. The Hall–Kier alpha value is -2.92. The Bertz CT molecular complexity index is 1170. The Morgan fingerprint density at radius 2 is 1.83 bits per heavy atom. The molecular formula is C18H10N4S. The average molecular weight is 314 g/mol. The molecule has 4 heterocycles. The van der Waals surface area contributed by atoms with Crippen molar-refractivity contribution < 1.29 is 0 Å². The van der Waals surface area contributed by atoms with Gasteiger partial charge in [0.05, 0.1) is 11.2 Å². The molecule has 0 saturated carbocycles. The van der Waals surface area contributed by atoms with Gasteiger partial charge in [-0.05, 0) is 12.1 Å². The molecule has 0 N–H and O–H groups in total. The van der Waals surface area contributed by atoms with E-state index < -0.39 is 0 Å². The van der Waals surface area contributed by atoms with E-state index in [9.17, 15) is 0 Å². The molecule has 5 aromatic rings. The first kappa shape index (κ1) is 12.6. The third-order valence-electron chi connectivity index (χ3n) is 3.96. The minimum Gasteiger partial charge on any atom is -0.264 e. The number of rotatable bonds is 1. The van der Waals surface area contributed by atoms with Crippen LogP contribution in [0.5, 0.6) is 0 Å². The highest BCUT2D eigenvalue weighted by Gasteiger charge is 2.15. The zero-order chi connectivity index (χ0) is 15.2. The van der Waals surface area contributed by atoms with Gasteiger partial charge < -0.3 is 0 Å². The number of benzene rings is 1. The van der Waals surface area contributed by atoms with Crippen molar-refractivity contribution in [1.82, 2.24) is 19.9 Å². The number of pyridine rings is 2. The minimum atomic E-state index is 0.915. The SMILES string of the molecule is c1cnc2c(-c3ncnc4sc5ccncc5c34)cccc2c1. The smallest absolute Gasteiger partial charge is 0.128 e. The summed E-state index contributed by atoms with van der Waals surface area (Å²) in [6.45, 7) is 0. The third kappa shape index (κ3) is 1.83. The molecule has 0 aliphatic carbocycles. The van der Waals surface area contributed by atoms with Crippen LogP contribution in [0.25, 0.3) is 42.5 Å². The fraction of sp³-hybridized carbons (Fsp3) is 0. The number of hydrogen-bond acceptors (Lipinski definition) is 5. The van der Waals surface area contributed by atoms with Gasteiger partial charge in [0.15, 0.2) is 0 Å². The van der Waals surface area contributed by atoms with E-state index >= 15 is 0 Å². The fourth-order valence-electron chi connectivity index (χ4n) is 2.95. The second-order valence-electron chi connectivity index (χ2n) is 5.26. The number of hydrogen-bond donors (Lipinski definition) is 0. The molecular weight excluding hydrogens is 304 g/mol. The van der Waals surface area contributed by atoms with Gasteiger partial charge in [-0.2, -0.15) is 0 Å². The highest BCUT2D eigenvalue weighted by molar-refractivity contribution is 7.25. The lowest BCUT2D eigenvalue weighted by molar-refractivity contribution is 1.24. The van der Waals surface area contributed by atoms with Crippen LogP contribution < -0.4 is 0 Å². The van der Waals surface area contributed by atoms with Crippen molar-refractivity contribution in [3.63, 3.8) is 0 Å². The number of thiophene rings is 1. The van der Waals surface area contributed by atoms with E-state index in [0.29, 0.717) is 0 Å². The summed E-state index contributed by atoms with van der Waals surface area (Å²) in [7, 11) is 0. The first-order chi connectivity index (χ1) is 11.4. The quantitative estimate of drug-likeness (QED) is 0.458. The monoisotopic (exact) mass is 314 g/mol. The topological polar surface area (TPSA) is 51.6 Å². The summed E-state index contributed by atoms with van der Waals surface area (Å²) in [6, 6.07) is 12.2. The predicted molar refractivity (Wildman–Crippen MR) is 93.5 cm³/mol. The molecule has 0 unspecified atom stereocenters. The molecule has 1 aromatic carbocycles. The molecule has 0 fully saturated rings. The van der Waals surface area contributed by atoms with Crippen LogP contribution in [0.3, 0.4) is 0 Å². The van der Waals surface area contributed by atoms with Crippen LogP contribution in [0, 0.1) is 0 Å². The molecule has 108 valence electrons. The van der Waals surface area contributed by atoms with Crippen LogP contribution in [-0.4, -0.2) is 19.9 Å². The molecule has 23 heavy (non-hydrogen) atoms. The fourth-order valence-corrected chi connectivity index (χ4v) is 3.96. The molecule has 0 aliphatic heterocycles. The van der Waals surface area contributed by atoms with E-state index in [1.54, 1.807) is 17.7 Å². The van der Waals surface area contributed by atoms with Crippen LogP contribution in [0.15, 0.2) is 61.3 Å². The van der Waals surface area contributed by atoms with Crippen molar-refractivity contribution in [2.24, 2.45) is 0 Å². The number of para-hydroxylation sites is 1. The zero-order valence-corrected chi connectivity index (χ0v) is 12.8. The summed E-state index contributed by atoms with van der Waals surface area (Å²) in [5, 5.41) is 3.25. The molecule has 0 saturated heterocycles. The second-order valence-corrected chi connectivity index (χ2v) is 6.29. The molecule has 0 radical (unpaired) electrons. The third-order valence-corrected chi connectivity index (χ3v) is 5.04. The summed E-state index contributed by atoms with van der Waals surface area (Å²) in [4.78, 5) is 18.8. The standard InChI is InChI=1S/C18H10N4S/c1-3-11-4-2-7-20-16(11)12(5-1)17-15-13-9-19-8-6-14(13)23-18(15)22-10-21-17/h1-10H. The van der Waals surface area contributed by atoms with Gasteiger partial charge in [-0.1, -0.05) is 24.3 Å². The maximum atomic E-state index is 4.58. The van der Waals surface area contributed by atoms with Gasteiger partial charge in [0.1, 0.15) is 11.2 Å². The van der Waals surface area contributed by atoms with Gasteiger partial charge in [-0.25, -0.2) is 9.97 Å². The molecule has 4 nitrogen and oxygen atoms in total. The highest BCUT2D eigenvalue weighted by atomic mass is 32.1. The highest BCUT2D eigenvalue weighted by Crippen LogP contribution is 2.38. The first-order valence-electron chi connectivity index (χ1n) is 7.23. The van der Waals surface area contributed by atoms with Crippen LogP contribution in [-0.2, 0) is 0 Å². The summed E-state index contributed by atoms with van der Waals surface area (Å²) >= 11 is 1.66. The van der Waals surface area contributed by atoms with Gasteiger partial charge in [0, 0.05) is 45.0 Å². The molecule has 0 bridgehead atoms. The number of fused-ring (bicyclic) bond motifs is 4. The Kier molecular flexibility index (Phi) is 2.63. The van der Waals surface area contributed by atoms with Gasteiger partial charge in [-0.15, -0.1) is 11.3 Å². The van der Waals surface area contributed by atoms with Gasteiger partial charge in [0.25, 0.3) is 0 Å². The Morgan fingerprint density at radius 3 is 2.83 bits per heavy atom. The summed E-state index contributed by atoms with van der Waals surface area (Å²) < 4.78 is 1.17. The van der Waals surface area contributed by atoms with Crippen molar-refractivity contribution in [2.45, 2.75) is 0 Å². The normalized spacial score (nSPS) is 11.5. The largest absolute Gasteiger partial charge is 0.264 e. The van der Waals surface area contributed by atoms with E-state index in [2.05, 4.69) is 38.1 Å². The van der Waals surface area contributed by atoms with Crippen molar-refractivity contribution >= 4 is 42.5 Å². The molecule has 0 aliphatic rings. The van der Waals surface area contributed by atoms with Crippen molar-refractivity contribution in [3.8, 4) is 11.3 Å². The van der Waals surface area contributed by atoms with Gasteiger partial charge in [-0.3, -0.25) is 9.97 Å². The van der Waals surface area contributed by atoms with Gasteiger partial charge >= 0.3 is 0 Å². The van der Waals surface area contributed by atoms with E-state index in [1.165, 1.54) is 4.70 Å². The number of nitrogens with zero attached hydrogens (tertiary/aromatic N) is 4. The molecule has 0 amide bonds. The molecule has 4 aromatic heterocycles. The predicted octanol–water partition coefficient (Wildman–Crippen LogP) is 4.45. The van der Waals surface area contributed by atoms with Crippen LogP contribution in [0.1, 0.15) is 0 Å². The van der Waals surface area contributed by atoms with Crippen molar-refractivity contribution in [1.29, 1.82) is 0 Å². The molecule has 5 heteroatoms. The van der Waals surface area contributed by atoms with Crippen LogP contribution in [0.2, 0.25) is 0 Å².